The summed E-state index contributed by atoms with van der Waals surface area (Å²) in [6.07, 6.45) is 1.09. The molecule has 0 radical (unpaired) electrons. The van der Waals surface area contributed by atoms with Crippen molar-refractivity contribution in [2.75, 3.05) is 11.4 Å². The number of hydrogen-bond acceptors (Lipinski definition) is 2. The van der Waals surface area contributed by atoms with Crippen molar-refractivity contribution in [1.82, 2.24) is 0 Å². The molecule has 0 spiro atoms. The normalized spacial score (nSPS) is 11.7. The van der Waals surface area contributed by atoms with Crippen LogP contribution in [0.5, 0.6) is 0 Å². The number of carboxylic acids is 1. The molecule has 2 rings (SSSR count). The number of benzene rings is 2. The van der Waals surface area contributed by atoms with Crippen molar-refractivity contribution in [3.8, 4) is 0 Å². The number of carbonyl (C=O) groups excluding carboxylic acids is 1. The summed E-state index contributed by atoms with van der Waals surface area (Å²) in [4.78, 5) is 25.5. The summed E-state index contributed by atoms with van der Waals surface area (Å²) in [5.41, 5.74) is 2.18. The second-order valence-electron chi connectivity index (χ2n) is 6.53. The monoisotopic (exact) mass is 387 g/mol. The third-order valence-electron chi connectivity index (χ3n) is 4.44. The molecule has 5 nitrogen and oxygen atoms in total. The van der Waals surface area contributed by atoms with E-state index < -0.39 is 12.5 Å². The van der Waals surface area contributed by atoms with Gasteiger partial charge in [0.05, 0.1) is 11.3 Å². The molecule has 6 heteroatoms. The predicted octanol–water partition coefficient (Wildman–Crippen LogP) is 2.79. The van der Waals surface area contributed by atoms with Crippen LogP contribution in [0.25, 0.3) is 0 Å². The van der Waals surface area contributed by atoms with Crippen molar-refractivity contribution >= 4 is 34.9 Å². The van der Waals surface area contributed by atoms with Crippen LogP contribution in [-0.2, 0) is 9.59 Å². The van der Waals surface area contributed by atoms with Crippen molar-refractivity contribution in [2.45, 2.75) is 26.7 Å². The Hall–Kier alpha value is -2.66. The number of aliphatic carboxylic acids is 1. The average molecular weight is 388 g/mol. The zero-order valence-electron chi connectivity index (χ0n) is 15.5. The molecule has 0 heterocycles. The minimum Gasteiger partial charge on any atom is -0.480 e. The Morgan fingerprint density at radius 2 is 1.85 bits per heavy atom. The molecule has 0 aliphatic rings. The molecule has 0 aromatic heterocycles. The highest BCUT2D eigenvalue weighted by Gasteiger charge is 2.26. The Labute approximate surface area is 164 Å². The zero-order valence-corrected chi connectivity index (χ0v) is 16.2. The third-order valence-corrected chi connectivity index (χ3v) is 4.67. The molecule has 2 aromatic carbocycles. The Kier molecular flexibility index (Phi) is 7.13. The first-order valence-corrected chi connectivity index (χ1v) is 9.21. The van der Waals surface area contributed by atoms with Crippen LogP contribution in [0.4, 0.5) is 5.69 Å². The summed E-state index contributed by atoms with van der Waals surface area (Å²) in [5.74, 6) is -1.19. The maximum atomic E-state index is 12.8. The Balaban J connectivity index is 2.50. The first-order valence-electron chi connectivity index (χ1n) is 8.83. The van der Waals surface area contributed by atoms with Crippen LogP contribution in [0, 0.1) is 5.92 Å². The number of halogens is 1. The summed E-state index contributed by atoms with van der Waals surface area (Å²) in [6, 6.07) is 14.2. The van der Waals surface area contributed by atoms with Gasteiger partial charge in [-0.1, -0.05) is 50.1 Å². The van der Waals surface area contributed by atoms with Crippen molar-refractivity contribution in [3.63, 3.8) is 0 Å². The molecule has 1 atom stereocenters. The molecule has 0 unspecified atom stereocenters. The predicted molar refractivity (Wildman–Crippen MR) is 107 cm³/mol. The Bertz CT molecular complexity index is 837. The van der Waals surface area contributed by atoms with Gasteiger partial charge >= 0.3 is 5.97 Å². The molecule has 2 aromatic rings. The van der Waals surface area contributed by atoms with Crippen LogP contribution in [0.15, 0.2) is 48.5 Å². The lowest BCUT2D eigenvalue weighted by molar-refractivity contribution is -0.136. The lowest BCUT2D eigenvalue weighted by Gasteiger charge is -2.24. The highest BCUT2D eigenvalue weighted by atomic mass is 35.5. The molecule has 0 saturated carbocycles. The van der Waals surface area contributed by atoms with Crippen molar-refractivity contribution in [3.05, 3.63) is 64.7 Å². The minimum absolute atomic E-state index is 0.153. The van der Waals surface area contributed by atoms with Gasteiger partial charge in [0.2, 0.25) is 11.6 Å². The first-order chi connectivity index (χ1) is 12.8. The highest BCUT2D eigenvalue weighted by molar-refractivity contribution is 6.31. The van der Waals surface area contributed by atoms with Crippen LogP contribution >= 0.6 is 11.6 Å². The van der Waals surface area contributed by atoms with E-state index in [4.69, 9.17) is 17.0 Å². The average Bonchev–Trinajstić information content (AvgIpc) is 2.66. The molecular formula is C21H24ClN2O3+. The van der Waals surface area contributed by atoms with E-state index in [1.165, 1.54) is 4.90 Å². The summed E-state index contributed by atoms with van der Waals surface area (Å²) < 4.78 is 0. The van der Waals surface area contributed by atoms with E-state index in [-0.39, 0.29) is 18.2 Å². The van der Waals surface area contributed by atoms with Crippen molar-refractivity contribution in [1.29, 1.82) is 0 Å². The highest BCUT2D eigenvalue weighted by Crippen LogP contribution is 2.27. The standard InChI is InChI=1S/C21H23ClN2O3/c1-3-14(2)11-19(25)24(13-20(26)27)18-10-9-16(22)12-17(18)21(23)15-7-5-4-6-8-15/h4-10,12,14,23H,3,11,13H2,1-2H3,(H,26,27)/p+1/t14-/m0/s1. The van der Waals surface area contributed by atoms with E-state index in [1.807, 2.05) is 44.2 Å². The van der Waals surface area contributed by atoms with E-state index >= 15 is 0 Å². The van der Waals surface area contributed by atoms with Crippen LogP contribution in [0.3, 0.4) is 0 Å². The van der Waals surface area contributed by atoms with Gasteiger partial charge in [-0.2, -0.15) is 0 Å². The Morgan fingerprint density at radius 3 is 2.44 bits per heavy atom. The molecule has 142 valence electrons. The topological polar surface area (TPSA) is 83.2 Å². The number of anilines is 1. The second kappa shape index (κ2) is 9.33. The van der Waals surface area contributed by atoms with Gasteiger partial charge in [0.25, 0.3) is 0 Å². The molecule has 0 bridgehead atoms. The molecule has 0 fully saturated rings. The summed E-state index contributed by atoms with van der Waals surface area (Å²) in [6.45, 7) is 3.52. The fourth-order valence-corrected chi connectivity index (χ4v) is 2.90. The van der Waals surface area contributed by atoms with Crippen LogP contribution in [0.1, 0.15) is 37.8 Å². The van der Waals surface area contributed by atoms with E-state index in [9.17, 15) is 14.7 Å². The molecule has 0 aliphatic heterocycles. The fourth-order valence-electron chi connectivity index (χ4n) is 2.73. The lowest BCUT2D eigenvalue weighted by Crippen LogP contribution is -2.43. The quantitative estimate of drug-likeness (QED) is 0.683. The van der Waals surface area contributed by atoms with Crippen LogP contribution < -0.4 is 10.3 Å². The van der Waals surface area contributed by atoms with Crippen molar-refractivity contribution < 1.29 is 20.1 Å². The smallest absolute Gasteiger partial charge is 0.323 e. The van der Waals surface area contributed by atoms with E-state index in [0.717, 1.165) is 12.0 Å². The zero-order chi connectivity index (χ0) is 20.0. The number of carboxylic acid groups (broad SMARTS) is 1. The molecule has 27 heavy (non-hydrogen) atoms. The summed E-state index contributed by atoms with van der Waals surface area (Å²) in [7, 11) is 0. The third kappa shape index (κ3) is 5.41. The van der Waals surface area contributed by atoms with Gasteiger partial charge in [-0.05, 0) is 36.2 Å². The van der Waals surface area contributed by atoms with Crippen molar-refractivity contribution in [2.24, 2.45) is 5.92 Å². The second-order valence-corrected chi connectivity index (χ2v) is 6.97. The Morgan fingerprint density at radius 1 is 1.19 bits per heavy atom. The lowest BCUT2D eigenvalue weighted by atomic mass is 9.99. The molecule has 3 N–H and O–H groups in total. The fraction of sp³-hybridized carbons (Fsp3) is 0.286. The van der Waals surface area contributed by atoms with Crippen LogP contribution in [-0.4, -0.2) is 29.2 Å². The molecule has 1 amide bonds. The molecular weight excluding hydrogens is 364 g/mol. The number of amides is 1. The SMILES string of the molecule is CC[C@H](C)CC(=O)N(CC(=O)O)c1ccc(Cl)cc1C(=[NH2+])c1ccccc1. The number of rotatable bonds is 8. The number of nitrogens with two attached hydrogens (primary N) is 1. The van der Waals surface area contributed by atoms with Crippen LogP contribution in [0.2, 0.25) is 5.02 Å². The number of carbonyl (C=O) groups is 2. The summed E-state index contributed by atoms with van der Waals surface area (Å²) >= 11 is 6.16. The van der Waals surface area contributed by atoms with Gasteiger partial charge in [-0.15, -0.1) is 0 Å². The van der Waals surface area contributed by atoms with Gasteiger partial charge in [0.15, 0.2) is 0 Å². The van der Waals surface area contributed by atoms with E-state index in [1.54, 1.807) is 18.2 Å². The number of hydrogen-bond donors (Lipinski definition) is 2. The first kappa shape index (κ1) is 20.6. The minimum atomic E-state index is -1.09. The van der Waals surface area contributed by atoms with Gasteiger partial charge in [0, 0.05) is 17.0 Å². The van der Waals surface area contributed by atoms with Gasteiger partial charge < -0.3 is 10.0 Å². The molecule has 0 aliphatic carbocycles. The van der Waals surface area contributed by atoms with E-state index in [2.05, 4.69) is 0 Å². The number of nitrogens with zero attached hydrogens (tertiary/aromatic N) is 1. The van der Waals surface area contributed by atoms with Gasteiger partial charge in [0.1, 0.15) is 6.54 Å². The van der Waals surface area contributed by atoms with E-state index in [0.29, 0.717) is 22.0 Å². The largest absolute Gasteiger partial charge is 0.480 e. The van der Waals surface area contributed by atoms with Gasteiger partial charge in [-0.3, -0.25) is 15.0 Å². The summed E-state index contributed by atoms with van der Waals surface area (Å²) in [5, 5.41) is 16.1. The van der Waals surface area contributed by atoms with Gasteiger partial charge in [-0.25, -0.2) is 0 Å². The molecule has 0 saturated heterocycles. The maximum Gasteiger partial charge on any atom is 0.323 e. The maximum absolute atomic E-state index is 12.8.